The molecular weight excluding hydrogens is 288 g/mol. The van der Waals surface area contributed by atoms with Gasteiger partial charge < -0.3 is 10.1 Å². The van der Waals surface area contributed by atoms with Crippen LogP contribution >= 0.6 is 11.3 Å². The Morgan fingerprint density at radius 1 is 1.19 bits per heavy atom. The number of aromatic hydroxyl groups is 1. The van der Waals surface area contributed by atoms with Crippen LogP contribution in [0.3, 0.4) is 0 Å². The molecule has 7 heteroatoms. The molecule has 0 unspecified atom stereocenters. The molecule has 21 heavy (non-hydrogen) atoms. The van der Waals surface area contributed by atoms with Crippen LogP contribution in [0.15, 0.2) is 17.2 Å². The molecule has 0 amide bonds. The Kier molecular flexibility index (Phi) is 2.75. The van der Waals surface area contributed by atoms with Crippen LogP contribution in [-0.2, 0) is 12.8 Å². The number of H-pyrrole nitrogens is 1. The van der Waals surface area contributed by atoms with E-state index in [1.54, 1.807) is 11.3 Å². The lowest BCUT2D eigenvalue weighted by Crippen LogP contribution is -2.11. The molecule has 0 fully saturated rings. The van der Waals surface area contributed by atoms with Gasteiger partial charge in [-0.2, -0.15) is 0 Å². The van der Waals surface area contributed by atoms with Gasteiger partial charge in [0.25, 0.3) is 5.56 Å². The molecule has 0 spiro atoms. The average molecular weight is 300 g/mol. The second kappa shape index (κ2) is 4.63. The standard InChI is InChI=1S/C14H12N4O2S/c19-7-5-15-11(16-6-7)12-17-13(20)10-8-3-1-2-4-9(8)21-14(10)18-12/h5-6,19H,1-4H2,(H,17,18,20). The summed E-state index contributed by atoms with van der Waals surface area (Å²) in [6, 6.07) is 0. The van der Waals surface area contributed by atoms with Gasteiger partial charge in [-0.1, -0.05) is 0 Å². The van der Waals surface area contributed by atoms with Crippen molar-refractivity contribution in [2.45, 2.75) is 25.7 Å². The van der Waals surface area contributed by atoms with Crippen molar-refractivity contribution >= 4 is 21.6 Å². The number of nitrogens with zero attached hydrogens (tertiary/aromatic N) is 3. The van der Waals surface area contributed by atoms with Gasteiger partial charge in [-0.3, -0.25) is 4.79 Å². The van der Waals surface area contributed by atoms with Crippen molar-refractivity contribution in [1.82, 2.24) is 19.9 Å². The van der Waals surface area contributed by atoms with Crippen molar-refractivity contribution in [2.24, 2.45) is 0 Å². The quantitative estimate of drug-likeness (QED) is 0.717. The molecular formula is C14H12N4O2S. The van der Waals surface area contributed by atoms with Crippen LogP contribution in [0.4, 0.5) is 0 Å². The van der Waals surface area contributed by atoms with Crippen molar-refractivity contribution in [3.63, 3.8) is 0 Å². The third-order valence-electron chi connectivity index (χ3n) is 3.68. The number of thiophene rings is 1. The fourth-order valence-electron chi connectivity index (χ4n) is 2.71. The van der Waals surface area contributed by atoms with Crippen molar-refractivity contribution in [1.29, 1.82) is 0 Å². The first-order valence-electron chi connectivity index (χ1n) is 6.78. The lowest BCUT2D eigenvalue weighted by Gasteiger charge is -2.09. The van der Waals surface area contributed by atoms with Crippen LogP contribution in [0.25, 0.3) is 21.9 Å². The van der Waals surface area contributed by atoms with Crippen LogP contribution in [0.5, 0.6) is 5.75 Å². The van der Waals surface area contributed by atoms with Gasteiger partial charge in [-0.05, 0) is 31.2 Å². The number of aromatic nitrogens is 4. The predicted octanol–water partition coefficient (Wildman–Crippen LogP) is 2.03. The molecule has 6 nitrogen and oxygen atoms in total. The largest absolute Gasteiger partial charge is 0.505 e. The fourth-order valence-corrected chi connectivity index (χ4v) is 3.98. The van der Waals surface area contributed by atoms with E-state index in [2.05, 4.69) is 19.9 Å². The summed E-state index contributed by atoms with van der Waals surface area (Å²) in [5.41, 5.74) is 1.03. The lowest BCUT2D eigenvalue weighted by molar-refractivity contribution is 0.470. The van der Waals surface area contributed by atoms with E-state index in [0.717, 1.165) is 35.0 Å². The third-order valence-corrected chi connectivity index (χ3v) is 4.86. The second-order valence-electron chi connectivity index (χ2n) is 5.07. The molecule has 3 heterocycles. The van der Waals surface area contributed by atoms with Crippen LogP contribution in [0, 0.1) is 0 Å². The number of aryl methyl sites for hydroxylation is 2. The minimum Gasteiger partial charge on any atom is -0.505 e. The molecule has 0 aliphatic heterocycles. The number of aromatic amines is 1. The molecule has 4 rings (SSSR count). The second-order valence-corrected chi connectivity index (χ2v) is 6.15. The van der Waals surface area contributed by atoms with Gasteiger partial charge in [0.05, 0.1) is 17.8 Å². The number of nitrogens with one attached hydrogen (secondary N) is 1. The Labute approximate surface area is 123 Å². The summed E-state index contributed by atoms with van der Waals surface area (Å²) in [6.07, 6.45) is 6.85. The highest BCUT2D eigenvalue weighted by Gasteiger charge is 2.20. The zero-order valence-electron chi connectivity index (χ0n) is 11.1. The van der Waals surface area contributed by atoms with Gasteiger partial charge in [-0.25, -0.2) is 15.0 Å². The SMILES string of the molecule is O=c1[nH]c(-c2ncc(O)cn2)nc2sc3c(c12)CCCC3. The zero-order valence-corrected chi connectivity index (χ0v) is 11.9. The first-order valence-corrected chi connectivity index (χ1v) is 7.60. The van der Waals surface area contributed by atoms with Gasteiger partial charge in [0.1, 0.15) is 4.83 Å². The van der Waals surface area contributed by atoms with Gasteiger partial charge in [0.15, 0.2) is 17.4 Å². The highest BCUT2D eigenvalue weighted by Crippen LogP contribution is 2.33. The maximum atomic E-state index is 12.4. The van der Waals surface area contributed by atoms with E-state index in [1.807, 2.05) is 0 Å². The summed E-state index contributed by atoms with van der Waals surface area (Å²) >= 11 is 1.59. The van der Waals surface area contributed by atoms with E-state index < -0.39 is 0 Å². The fraction of sp³-hybridized carbons (Fsp3) is 0.286. The molecule has 0 bridgehead atoms. The number of hydrogen-bond donors (Lipinski definition) is 2. The zero-order chi connectivity index (χ0) is 14.4. The Hall–Kier alpha value is -2.28. The predicted molar refractivity (Wildman–Crippen MR) is 79.6 cm³/mol. The first kappa shape index (κ1) is 12.5. The first-order chi connectivity index (χ1) is 10.2. The maximum Gasteiger partial charge on any atom is 0.260 e. The lowest BCUT2D eigenvalue weighted by atomic mass is 9.97. The Bertz CT molecular complexity index is 882. The molecule has 2 N–H and O–H groups in total. The summed E-state index contributed by atoms with van der Waals surface area (Å²) in [5, 5.41) is 9.94. The molecule has 1 aliphatic carbocycles. The van der Waals surface area contributed by atoms with Crippen molar-refractivity contribution in [3.8, 4) is 17.4 Å². The van der Waals surface area contributed by atoms with Crippen molar-refractivity contribution < 1.29 is 5.11 Å². The van der Waals surface area contributed by atoms with E-state index in [9.17, 15) is 9.90 Å². The van der Waals surface area contributed by atoms with Crippen molar-refractivity contribution in [2.75, 3.05) is 0 Å². The Morgan fingerprint density at radius 3 is 2.76 bits per heavy atom. The number of fused-ring (bicyclic) bond motifs is 3. The third kappa shape index (κ3) is 2.01. The van der Waals surface area contributed by atoms with Crippen LogP contribution < -0.4 is 5.56 Å². The highest BCUT2D eigenvalue weighted by molar-refractivity contribution is 7.18. The van der Waals surface area contributed by atoms with Gasteiger partial charge in [0.2, 0.25) is 0 Å². The normalized spacial score (nSPS) is 14.3. The molecule has 3 aromatic heterocycles. The minimum absolute atomic E-state index is 0.0197. The van der Waals surface area contributed by atoms with Crippen LogP contribution in [0.2, 0.25) is 0 Å². The number of rotatable bonds is 1. The molecule has 0 atom stereocenters. The van der Waals surface area contributed by atoms with Gasteiger partial charge in [-0.15, -0.1) is 11.3 Å². The van der Waals surface area contributed by atoms with E-state index >= 15 is 0 Å². The number of hydrogen-bond acceptors (Lipinski definition) is 6. The maximum absolute atomic E-state index is 12.4. The van der Waals surface area contributed by atoms with Crippen LogP contribution in [0.1, 0.15) is 23.3 Å². The smallest absolute Gasteiger partial charge is 0.260 e. The van der Waals surface area contributed by atoms with Gasteiger partial charge >= 0.3 is 0 Å². The molecule has 1 aliphatic rings. The van der Waals surface area contributed by atoms with E-state index in [4.69, 9.17) is 0 Å². The topological polar surface area (TPSA) is 91.8 Å². The summed E-state index contributed by atoms with van der Waals surface area (Å²) in [4.78, 5) is 29.6. The summed E-state index contributed by atoms with van der Waals surface area (Å²) < 4.78 is 0. The van der Waals surface area contributed by atoms with Gasteiger partial charge in [0, 0.05) is 4.88 Å². The molecule has 0 radical (unpaired) electrons. The molecule has 106 valence electrons. The highest BCUT2D eigenvalue weighted by atomic mass is 32.1. The van der Waals surface area contributed by atoms with Crippen molar-refractivity contribution in [3.05, 3.63) is 33.2 Å². The van der Waals surface area contributed by atoms with E-state index in [1.165, 1.54) is 23.7 Å². The summed E-state index contributed by atoms with van der Waals surface area (Å²) in [6.45, 7) is 0. The molecule has 3 aromatic rings. The average Bonchev–Trinajstić information content (AvgIpc) is 2.86. The molecule has 0 aromatic carbocycles. The van der Waals surface area contributed by atoms with Crippen LogP contribution in [-0.4, -0.2) is 25.0 Å². The van der Waals surface area contributed by atoms with E-state index in [-0.39, 0.29) is 11.3 Å². The summed E-state index contributed by atoms with van der Waals surface area (Å²) in [5.74, 6) is 0.623. The van der Waals surface area contributed by atoms with E-state index in [0.29, 0.717) is 11.6 Å². The Morgan fingerprint density at radius 2 is 1.95 bits per heavy atom. The Balaban J connectivity index is 1.93. The molecule has 0 saturated carbocycles. The molecule has 0 saturated heterocycles. The monoisotopic (exact) mass is 300 g/mol. The minimum atomic E-state index is -0.133. The summed E-state index contributed by atoms with van der Waals surface area (Å²) in [7, 11) is 0.